The van der Waals surface area contributed by atoms with Gasteiger partial charge in [-0.05, 0) is 46.3 Å². The van der Waals surface area contributed by atoms with E-state index in [9.17, 15) is 0 Å². The number of hydrogen-bond acceptors (Lipinski definition) is 5. The maximum Gasteiger partial charge on any atom is 0.180 e. The van der Waals surface area contributed by atoms with Gasteiger partial charge in [-0.15, -0.1) is 0 Å². The SMILES string of the molecule is N#Cc1ccccc1CO/N=C\c1cc(Br)c(Sc2ccc(Cl)cc2)o1. The number of furan rings is 1. The van der Waals surface area contributed by atoms with Gasteiger partial charge in [0.25, 0.3) is 0 Å². The van der Waals surface area contributed by atoms with Crippen LogP contribution in [-0.2, 0) is 11.4 Å². The number of oxime groups is 1. The van der Waals surface area contributed by atoms with Crippen LogP contribution in [0, 0.1) is 11.3 Å². The van der Waals surface area contributed by atoms with E-state index in [1.807, 2.05) is 48.5 Å². The summed E-state index contributed by atoms with van der Waals surface area (Å²) in [6.45, 7) is 0.217. The Balaban J connectivity index is 1.61. The summed E-state index contributed by atoms with van der Waals surface area (Å²) in [5.74, 6) is 0.557. The number of nitrogens with zero attached hydrogens (tertiary/aromatic N) is 2. The molecule has 0 atom stereocenters. The van der Waals surface area contributed by atoms with Gasteiger partial charge in [-0.25, -0.2) is 0 Å². The molecule has 0 fully saturated rings. The number of hydrogen-bond donors (Lipinski definition) is 0. The van der Waals surface area contributed by atoms with Crippen molar-refractivity contribution in [3.63, 3.8) is 0 Å². The van der Waals surface area contributed by atoms with E-state index in [0.717, 1.165) is 14.9 Å². The summed E-state index contributed by atoms with van der Waals surface area (Å²) in [4.78, 5) is 6.28. The first-order valence-corrected chi connectivity index (χ1v) is 9.50. The van der Waals surface area contributed by atoms with Crippen LogP contribution >= 0.6 is 39.3 Å². The van der Waals surface area contributed by atoms with E-state index in [1.165, 1.54) is 18.0 Å². The van der Waals surface area contributed by atoms with Crippen LogP contribution < -0.4 is 0 Å². The van der Waals surface area contributed by atoms with Crippen molar-refractivity contribution >= 4 is 45.5 Å². The number of rotatable bonds is 6. The van der Waals surface area contributed by atoms with E-state index in [0.29, 0.717) is 21.4 Å². The molecule has 0 aliphatic rings. The van der Waals surface area contributed by atoms with E-state index in [2.05, 4.69) is 27.2 Å². The topological polar surface area (TPSA) is 58.5 Å². The fraction of sp³-hybridized carbons (Fsp3) is 0.0526. The quantitative estimate of drug-likeness (QED) is 0.330. The van der Waals surface area contributed by atoms with Gasteiger partial charge in [0.05, 0.1) is 16.1 Å². The van der Waals surface area contributed by atoms with E-state index in [1.54, 1.807) is 6.07 Å². The van der Waals surface area contributed by atoms with Crippen molar-refractivity contribution in [2.24, 2.45) is 5.16 Å². The zero-order valence-electron chi connectivity index (χ0n) is 13.4. The van der Waals surface area contributed by atoms with Gasteiger partial charge in [0.2, 0.25) is 0 Å². The Kier molecular flexibility index (Phi) is 6.40. The molecule has 1 aromatic heterocycles. The third-order valence-electron chi connectivity index (χ3n) is 3.31. The molecule has 0 aliphatic carbocycles. The molecule has 1 heterocycles. The Bertz CT molecular complexity index is 964. The highest BCUT2D eigenvalue weighted by Crippen LogP contribution is 2.35. The van der Waals surface area contributed by atoms with E-state index in [-0.39, 0.29) is 6.61 Å². The van der Waals surface area contributed by atoms with Gasteiger partial charge in [-0.3, -0.25) is 0 Å². The van der Waals surface area contributed by atoms with Gasteiger partial charge in [-0.2, -0.15) is 5.26 Å². The van der Waals surface area contributed by atoms with Crippen molar-refractivity contribution in [2.75, 3.05) is 0 Å². The van der Waals surface area contributed by atoms with E-state index in [4.69, 9.17) is 26.1 Å². The van der Waals surface area contributed by atoms with Crippen LogP contribution in [0.3, 0.4) is 0 Å². The summed E-state index contributed by atoms with van der Waals surface area (Å²) in [6, 6.07) is 18.7. The molecular formula is C19H12BrClN2O2S. The Morgan fingerprint density at radius 3 is 2.77 bits per heavy atom. The van der Waals surface area contributed by atoms with Crippen LogP contribution in [0.1, 0.15) is 16.9 Å². The summed E-state index contributed by atoms with van der Waals surface area (Å²) in [7, 11) is 0. The van der Waals surface area contributed by atoms with Crippen LogP contribution in [0.4, 0.5) is 0 Å². The summed E-state index contributed by atoms with van der Waals surface area (Å²) < 4.78 is 6.57. The van der Waals surface area contributed by atoms with Crippen molar-refractivity contribution in [2.45, 2.75) is 16.6 Å². The molecule has 4 nitrogen and oxygen atoms in total. The average molecular weight is 448 g/mol. The second-order valence-electron chi connectivity index (χ2n) is 5.12. The minimum absolute atomic E-state index is 0.217. The van der Waals surface area contributed by atoms with Crippen molar-refractivity contribution < 1.29 is 9.25 Å². The molecule has 0 saturated carbocycles. The molecule has 0 N–H and O–H groups in total. The zero-order chi connectivity index (χ0) is 18.4. The predicted molar refractivity (Wildman–Crippen MR) is 106 cm³/mol. The Hall–Kier alpha value is -2.20. The third-order valence-corrected chi connectivity index (χ3v) is 5.41. The lowest BCUT2D eigenvalue weighted by molar-refractivity contribution is 0.131. The summed E-state index contributed by atoms with van der Waals surface area (Å²) in [5, 5.41) is 14.4. The van der Waals surface area contributed by atoms with Crippen molar-refractivity contribution in [3.05, 3.63) is 81.0 Å². The lowest BCUT2D eigenvalue weighted by Gasteiger charge is -2.01. The van der Waals surface area contributed by atoms with E-state index < -0.39 is 0 Å². The first-order chi connectivity index (χ1) is 12.7. The highest BCUT2D eigenvalue weighted by Gasteiger charge is 2.10. The monoisotopic (exact) mass is 446 g/mol. The molecule has 0 unspecified atom stereocenters. The Labute approximate surface area is 168 Å². The Morgan fingerprint density at radius 2 is 2.00 bits per heavy atom. The average Bonchev–Trinajstić information content (AvgIpc) is 3.00. The fourth-order valence-corrected chi connectivity index (χ4v) is 3.52. The molecule has 130 valence electrons. The highest BCUT2D eigenvalue weighted by molar-refractivity contribution is 9.10. The van der Waals surface area contributed by atoms with Crippen molar-refractivity contribution in [1.29, 1.82) is 5.26 Å². The summed E-state index contributed by atoms with van der Waals surface area (Å²) >= 11 is 10.8. The van der Waals surface area contributed by atoms with Crippen molar-refractivity contribution in [3.8, 4) is 6.07 Å². The molecule has 0 bridgehead atoms. The number of benzene rings is 2. The molecular weight excluding hydrogens is 436 g/mol. The van der Waals surface area contributed by atoms with Crippen LogP contribution in [-0.4, -0.2) is 6.21 Å². The van der Waals surface area contributed by atoms with Gasteiger partial charge < -0.3 is 9.25 Å². The third kappa shape index (κ3) is 4.92. The maximum atomic E-state index is 9.05. The minimum Gasteiger partial charge on any atom is -0.447 e. The molecule has 0 spiro atoms. The zero-order valence-corrected chi connectivity index (χ0v) is 16.5. The molecule has 26 heavy (non-hydrogen) atoms. The number of nitriles is 1. The molecule has 0 radical (unpaired) electrons. The van der Waals surface area contributed by atoms with Crippen LogP contribution in [0.25, 0.3) is 0 Å². The first kappa shape index (κ1) is 18.6. The summed E-state index contributed by atoms with van der Waals surface area (Å²) in [5.41, 5.74) is 1.36. The molecule has 2 aromatic carbocycles. The van der Waals surface area contributed by atoms with Gasteiger partial charge in [0, 0.05) is 21.5 Å². The van der Waals surface area contributed by atoms with Crippen LogP contribution in [0.5, 0.6) is 0 Å². The van der Waals surface area contributed by atoms with Crippen LogP contribution in [0.2, 0.25) is 5.02 Å². The van der Waals surface area contributed by atoms with E-state index >= 15 is 0 Å². The molecule has 0 amide bonds. The standard InChI is InChI=1S/C19H12BrClN2O2S/c20-18-9-16(25-19(18)26-17-7-5-15(21)6-8-17)11-23-24-12-14-4-2-1-3-13(14)10-22/h1-9,11H,12H2/b23-11-. The van der Waals surface area contributed by atoms with Crippen LogP contribution in [0.15, 0.2) is 78.6 Å². The second kappa shape index (κ2) is 8.95. The molecule has 0 saturated heterocycles. The van der Waals surface area contributed by atoms with Crippen molar-refractivity contribution in [1.82, 2.24) is 0 Å². The summed E-state index contributed by atoms with van der Waals surface area (Å²) in [6.07, 6.45) is 1.49. The molecule has 0 aliphatic heterocycles. The normalized spacial score (nSPS) is 10.8. The smallest absolute Gasteiger partial charge is 0.180 e. The van der Waals surface area contributed by atoms with Gasteiger partial charge >= 0.3 is 0 Å². The van der Waals surface area contributed by atoms with Gasteiger partial charge in [0.15, 0.2) is 10.9 Å². The maximum absolute atomic E-state index is 9.05. The fourth-order valence-electron chi connectivity index (χ4n) is 2.06. The predicted octanol–water partition coefficient (Wildman–Crippen LogP) is 6.27. The largest absolute Gasteiger partial charge is 0.447 e. The minimum atomic E-state index is 0.217. The molecule has 7 heteroatoms. The molecule has 3 aromatic rings. The van der Waals surface area contributed by atoms with Gasteiger partial charge in [-0.1, -0.05) is 46.7 Å². The number of halogens is 2. The highest BCUT2D eigenvalue weighted by atomic mass is 79.9. The second-order valence-corrected chi connectivity index (χ2v) is 7.45. The van der Waals surface area contributed by atoms with Gasteiger partial charge in [0.1, 0.15) is 12.8 Å². The lowest BCUT2D eigenvalue weighted by Crippen LogP contribution is -1.91. The Morgan fingerprint density at radius 1 is 1.23 bits per heavy atom. The first-order valence-electron chi connectivity index (χ1n) is 7.52. The lowest BCUT2D eigenvalue weighted by atomic mass is 10.1. The molecule has 3 rings (SSSR count).